The number of aliphatic hydroxyl groups excluding tert-OH is 1. The quantitative estimate of drug-likeness (QED) is 0.743. The molecule has 1 N–H and O–H groups in total. The average Bonchev–Trinajstić information content (AvgIpc) is 2.67. The summed E-state index contributed by atoms with van der Waals surface area (Å²) in [6.45, 7) is 7.66. The highest BCUT2D eigenvalue weighted by molar-refractivity contribution is 7.91. The Morgan fingerprint density at radius 1 is 1.25 bits per heavy atom. The summed E-state index contributed by atoms with van der Waals surface area (Å²) in [6, 6.07) is 4.00. The summed E-state index contributed by atoms with van der Waals surface area (Å²) in [5.41, 5.74) is 0.489. The Labute approximate surface area is 167 Å². The third-order valence-corrected chi connectivity index (χ3v) is 7.13. The number of hydrogen-bond donors (Lipinski definition) is 1. The Balaban J connectivity index is 1.62. The molecule has 2 aliphatic rings. The number of piperazine rings is 1. The molecule has 8 nitrogen and oxygen atoms in total. The molecule has 2 saturated heterocycles. The van der Waals surface area contributed by atoms with Crippen molar-refractivity contribution >= 4 is 21.6 Å². The Morgan fingerprint density at radius 2 is 1.96 bits per heavy atom. The van der Waals surface area contributed by atoms with Gasteiger partial charge in [-0.3, -0.25) is 9.69 Å². The van der Waals surface area contributed by atoms with E-state index in [1.165, 1.54) is 0 Å². The van der Waals surface area contributed by atoms with Gasteiger partial charge in [-0.25, -0.2) is 13.4 Å². The van der Waals surface area contributed by atoms with Crippen LogP contribution in [0.25, 0.3) is 0 Å². The van der Waals surface area contributed by atoms with Gasteiger partial charge < -0.3 is 14.9 Å². The van der Waals surface area contributed by atoms with Crippen molar-refractivity contribution in [2.75, 3.05) is 55.7 Å². The summed E-state index contributed by atoms with van der Waals surface area (Å²) < 4.78 is 23.1. The van der Waals surface area contributed by atoms with Crippen molar-refractivity contribution in [2.45, 2.75) is 32.4 Å². The van der Waals surface area contributed by atoms with Crippen LogP contribution in [-0.4, -0.2) is 97.1 Å². The average molecular weight is 411 g/mol. The highest BCUT2D eigenvalue weighted by Crippen LogP contribution is 2.20. The molecule has 0 aliphatic carbocycles. The second-order valence-electron chi connectivity index (χ2n) is 7.70. The smallest absolute Gasteiger partial charge is 0.255 e. The van der Waals surface area contributed by atoms with Crippen molar-refractivity contribution in [3.8, 4) is 0 Å². The topological polar surface area (TPSA) is 94.1 Å². The summed E-state index contributed by atoms with van der Waals surface area (Å²) in [4.78, 5) is 23.2. The van der Waals surface area contributed by atoms with Crippen LogP contribution in [0.15, 0.2) is 18.3 Å². The molecular weight excluding hydrogens is 380 g/mol. The van der Waals surface area contributed by atoms with Crippen molar-refractivity contribution in [1.29, 1.82) is 0 Å². The van der Waals surface area contributed by atoms with Crippen molar-refractivity contribution < 1.29 is 18.3 Å². The lowest BCUT2D eigenvalue weighted by Gasteiger charge is -2.42. The molecule has 3 heterocycles. The minimum absolute atomic E-state index is 0.0272. The van der Waals surface area contributed by atoms with Gasteiger partial charge in [0.05, 0.1) is 23.2 Å². The van der Waals surface area contributed by atoms with E-state index in [2.05, 4.69) is 21.7 Å². The van der Waals surface area contributed by atoms with Crippen LogP contribution in [0.4, 0.5) is 5.82 Å². The number of carbonyl (C=O) groups is 1. The van der Waals surface area contributed by atoms with E-state index in [-0.39, 0.29) is 36.6 Å². The Morgan fingerprint density at radius 3 is 2.54 bits per heavy atom. The van der Waals surface area contributed by atoms with Crippen LogP contribution in [0.2, 0.25) is 0 Å². The Kier molecular flexibility index (Phi) is 6.57. The number of β-amino-alcohol motifs (C(OH)–C–C–N with tert-alkyl or cyclic N) is 1. The fourth-order valence-electron chi connectivity index (χ4n) is 3.87. The van der Waals surface area contributed by atoms with Crippen LogP contribution >= 0.6 is 0 Å². The zero-order chi connectivity index (χ0) is 20.3. The lowest BCUT2D eigenvalue weighted by Crippen LogP contribution is -2.54. The standard InChI is InChI=1S/C19H30N4O4S/c1-3-17-14-23(7-6-22(17)13-15(2)24)18-5-4-16(12-20-18)19(25)21-8-10-28(26,27)11-9-21/h4-5,12,15,17,24H,3,6-11,13-14H2,1-2H3/t15-,17+/m0/s1. The van der Waals surface area contributed by atoms with Crippen LogP contribution in [0, 0.1) is 0 Å². The molecule has 156 valence electrons. The van der Waals surface area contributed by atoms with E-state index in [0.29, 0.717) is 18.2 Å². The number of rotatable bonds is 5. The van der Waals surface area contributed by atoms with E-state index < -0.39 is 9.84 Å². The molecule has 3 rings (SSSR count). The molecule has 0 aromatic carbocycles. The van der Waals surface area contributed by atoms with Gasteiger partial charge in [0, 0.05) is 51.5 Å². The van der Waals surface area contributed by atoms with Crippen LogP contribution in [0.5, 0.6) is 0 Å². The molecule has 2 fully saturated rings. The molecule has 1 amide bonds. The molecule has 1 aromatic heterocycles. The first-order valence-corrected chi connectivity index (χ1v) is 11.7. The molecule has 0 radical (unpaired) electrons. The fourth-order valence-corrected chi connectivity index (χ4v) is 5.07. The minimum Gasteiger partial charge on any atom is -0.392 e. The number of aromatic nitrogens is 1. The van der Waals surface area contributed by atoms with E-state index >= 15 is 0 Å². The molecule has 0 unspecified atom stereocenters. The zero-order valence-corrected chi connectivity index (χ0v) is 17.4. The highest BCUT2D eigenvalue weighted by atomic mass is 32.2. The predicted octanol–water partition coefficient (Wildman–Crippen LogP) is 0.234. The molecule has 0 bridgehead atoms. The molecule has 9 heteroatoms. The largest absolute Gasteiger partial charge is 0.392 e. The van der Waals surface area contributed by atoms with E-state index in [4.69, 9.17) is 0 Å². The van der Waals surface area contributed by atoms with Crippen LogP contribution < -0.4 is 4.90 Å². The van der Waals surface area contributed by atoms with Crippen LogP contribution in [0.3, 0.4) is 0 Å². The molecule has 2 aliphatic heterocycles. The summed E-state index contributed by atoms with van der Waals surface area (Å²) in [6.07, 6.45) is 2.25. The van der Waals surface area contributed by atoms with E-state index in [0.717, 1.165) is 31.9 Å². The van der Waals surface area contributed by atoms with E-state index in [1.54, 1.807) is 17.2 Å². The van der Waals surface area contributed by atoms with Crippen molar-refractivity contribution in [3.63, 3.8) is 0 Å². The van der Waals surface area contributed by atoms with Gasteiger partial charge in [-0.15, -0.1) is 0 Å². The predicted molar refractivity (Wildman–Crippen MR) is 108 cm³/mol. The molecule has 28 heavy (non-hydrogen) atoms. The maximum Gasteiger partial charge on any atom is 0.255 e. The number of sulfone groups is 1. The number of anilines is 1. The van der Waals surface area contributed by atoms with Crippen molar-refractivity contribution in [1.82, 2.24) is 14.8 Å². The highest BCUT2D eigenvalue weighted by Gasteiger charge is 2.28. The molecule has 2 atom stereocenters. The second-order valence-corrected chi connectivity index (χ2v) is 10.0. The van der Waals surface area contributed by atoms with Gasteiger partial charge >= 0.3 is 0 Å². The maximum atomic E-state index is 12.6. The van der Waals surface area contributed by atoms with Gasteiger partial charge in [-0.2, -0.15) is 0 Å². The minimum atomic E-state index is -3.01. The number of nitrogens with zero attached hydrogens (tertiary/aromatic N) is 4. The molecule has 0 spiro atoms. The van der Waals surface area contributed by atoms with Gasteiger partial charge in [0.2, 0.25) is 0 Å². The zero-order valence-electron chi connectivity index (χ0n) is 16.6. The molecule has 0 saturated carbocycles. The van der Waals surface area contributed by atoms with Crippen molar-refractivity contribution in [2.24, 2.45) is 0 Å². The fraction of sp³-hybridized carbons (Fsp3) is 0.684. The Hall–Kier alpha value is -1.71. The maximum absolute atomic E-state index is 12.6. The van der Waals surface area contributed by atoms with Gasteiger partial charge in [-0.05, 0) is 25.5 Å². The number of pyridine rings is 1. The van der Waals surface area contributed by atoms with Crippen LogP contribution in [-0.2, 0) is 9.84 Å². The summed E-state index contributed by atoms with van der Waals surface area (Å²) in [5.74, 6) is 0.730. The van der Waals surface area contributed by atoms with Crippen molar-refractivity contribution in [3.05, 3.63) is 23.9 Å². The number of carbonyl (C=O) groups excluding carboxylic acids is 1. The van der Waals surface area contributed by atoms with Gasteiger partial charge in [0.25, 0.3) is 5.91 Å². The Bertz CT molecular complexity index is 768. The van der Waals surface area contributed by atoms with E-state index in [9.17, 15) is 18.3 Å². The SMILES string of the molecule is CC[C@@H]1CN(c2ccc(C(=O)N3CCS(=O)(=O)CC3)cn2)CCN1C[C@H](C)O. The summed E-state index contributed by atoms with van der Waals surface area (Å²) in [5, 5.41) is 9.68. The monoisotopic (exact) mass is 410 g/mol. The normalized spacial score (nSPS) is 24.2. The number of aliphatic hydroxyl groups is 1. The van der Waals surface area contributed by atoms with Gasteiger partial charge in [-0.1, -0.05) is 6.92 Å². The van der Waals surface area contributed by atoms with Gasteiger partial charge in [0.15, 0.2) is 9.84 Å². The van der Waals surface area contributed by atoms with Crippen LogP contribution in [0.1, 0.15) is 30.6 Å². The molecular formula is C19H30N4O4S. The van der Waals surface area contributed by atoms with Gasteiger partial charge in [0.1, 0.15) is 5.82 Å². The third kappa shape index (κ3) is 5.01. The summed E-state index contributed by atoms with van der Waals surface area (Å²) in [7, 11) is -3.01. The lowest BCUT2D eigenvalue weighted by molar-refractivity contribution is 0.0770. The lowest BCUT2D eigenvalue weighted by atomic mass is 10.1. The first kappa shape index (κ1) is 21.0. The third-order valence-electron chi connectivity index (χ3n) is 5.53. The van der Waals surface area contributed by atoms with E-state index in [1.807, 2.05) is 13.0 Å². The summed E-state index contributed by atoms with van der Waals surface area (Å²) >= 11 is 0. The number of hydrogen-bond acceptors (Lipinski definition) is 7. The first-order valence-electron chi connectivity index (χ1n) is 9.92. The number of amides is 1. The second kappa shape index (κ2) is 8.75. The first-order chi connectivity index (χ1) is 13.3. The molecule has 1 aromatic rings.